The molecule has 1 unspecified atom stereocenters. The van der Waals surface area contributed by atoms with Gasteiger partial charge in [-0.2, -0.15) is 0 Å². The number of nitrogens with zero attached hydrogens (tertiary/aromatic N) is 1. The quantitative estimate of drug-likeness (QED) is 0.815. The summed E-state index contributed by atoms with van der Waals surface area (Å²) in [5, 5.41) is 0. The predicted molar refractivity (Wildman–Crippen MR) is 90.6 cm³/mol. The molecular formula is C18H28ClNO. The predicted octanol–water partition coefficient (Wildman–Crippen LogP) is 4.09. The number of aryl methyl sites for hydroxylation is 1. The Morgan fingerprint density at radius 3 is 2.71 bits per heavy atom. The molecule has 118 valence electrons. The molecule has 2 aliphatic rings. The average Bonchev–Trinajstić information content (AvgIpc) is 2.48. The molecule has 0 N–H and O–H groups in total. The van der Waals surface area contributed by atoms with Gasteiger partial charge in [-0.05, 0) is 62.1 Å². The van der Waals surface area contributed by atoms with Crippen molar-refractivity contribution in [2.45, 2.75) is 58.0 Å². The summed E-state index contributed by atoms with van der Waals surface area (Å²) in [6.07, 6.45) is 6.42. The highest BCUT2D eigenvalue weighted by molar-refractivity contribution is 5.85. The zero-order chi connectivity index (χ0) is 14.1. The fraction of sp³-hybridized carbons (Fsp3) is 0.667. The zero-order valence-corrected chi connectivity index (χ0v) is 14.3. The van der Waals surface area contributed by atoms with E-state index in [9.17, 15) is 0 Å². The van der Waals surface area contributed by atoms with E-state index in [0.717, 1.165) is 24.1 Å². The normalized spacial score (nSPS) is 29.4. The molecule has 1 aromatic carbocycles. The van der Waals surface area contributed by atoms with Gasteiger partial charge in [0.2, 0.25) is 0 Å². The van der Waals surface area contributed by atoms with Crippen molar-refractivity contribution >= 4 is 12.4 Å². The summed E-state index contributed by atoms with van der Waals surface area (Å²) in [6.45, 7) is 6.08. The van der Waals surface area contributed by atoms with Crippen LogP contribution in [0.4, 0.5) is 0 Å². The van der Waals surface area contributed by atoms with Crippen LogP contribution in [0.5, 0.6) is 5.75 Å². The van der Waals surface area contributed by atoms with E-state index in [2.05, 4.69) is 36.9 Å². The third-order valence-electron chi connectivity index (χ3n) is 5.27. The first-order valence-corrected chi connectivity index (χ1v) is 8.09. The number of hydrogen-bond acceptors (Lipinski definition) is 2. The lowest BCUT2D eigenvalue weighted by atomic mass is 9.84. The number of likely N-dealkylation sites (tertiary alicyclic amines) is 1. The molecule has 1 aliphatic carbocycles. The number of fused-ring (bicyclic) bond motifs is 1. The zero-order valence-electron chi connectivity index (χ0n) is 13.5. The van der Waals surface area contributed by atoms with Gasteiger partial charge in [-0.15, -0.1) is 12.4 Å². The van der Waals surface area contributed by atoms with E-state index in [1.165, 1.54) is 43.4 Å². The fourth-order valence-corrected chi connectivity index (χ4v) is 4.04. The molecule has 0 amide bonds. The van der Waals surface area contributed by atoms with Crippen molar-refractivity contribution in [2.24, 2.45) is 5.92 Å². The Hall–Kier alpha value is -0.730. The van der Waals surface area contributed by atoms with Crippen molar-refractivity contribution in [2.75, 3.05) is 13.7 Å². The van der Waals surface area contributed by atoms with E-state index in [-0.39, 0.29) is 12.4 Å². The third kappa shape index (κ3) is 3.37. The Labute approximate surface area is 135 Å². The second-order valence-electron chi connectivity index (χ2n) is 6.72. The van der Waals surface area contributed by atoms with E-state index in [0.29, 0.717) is 6.04 Å². The summed E-state index contributed by atoms with van der Waals surface area (Å²) in [7, 11) is 1.80. The SMILES string of the molecule is COc1cccc2c1CC(N1C[C@@H](C)CC[C@@H]1C)CC2.Cl. The summed E-state index contributed by atoms with van der Waals surface area (Å²) in [5.74, 6) is 1.94. The van der Waals surface area contributed by atoms with Crippen molar-refractivity contribution in [1.82, 2.24) is 4.90 Å². The smallest absolute Gasteiger partial charge is 0.122 e. The standard InChI is InChI=1S/C18H27NO.ClH/c1-13-7-8-14(2)19(12-13)16-10-9-15-5-4-6-18(20-3)17(15)11-16;/h4-6,13-14,16H,7-12H2,1-3H3;1H/t13-,14-,16?;/m0./s1. The second kappa shape index (κ2) is 7.02. The van der Waals surface area contributed by atoms with Crippen molar-refractivity contribution in [3.63, 3.8) is 0 Å². The number of halogens is 1. The number of piperidine rings is 1. The minimum atomic E-state index is 0. The topological polar surface area (TPSA) is 12.5 Å². The molecule has 1 aromatic rings. The van der Waals surface area contributed by atoms with Crippen LogP contribution in [0.25, 0.3) is 0 Å². The van der Waals surface area contributed by atoms with Crippen molar-refractivity contribution in [3.05, 3.63) is 29.3 Å². The van der Waals surface area contributed by atoms with E-state index in [4.69, 9.17) is 4.74 Å². The summed E-state index contributed by atoms with van der Waals surface area (Å²) < 4.78 is 5.58. The number of hydrogen-bond donors (Lipinski definition) is 0. The molecule has 3 atom stereocenters. The summed E-state index contributed by atoms with van der Waals surface area (Å²) >= 11 is 0. The largest absolute Gasteiger partial charge is 0.496 e. The summed E-state index contributed by atoms with van der Waals surface area (Å²) in [4.78, 5) is 2.77. The highest BCUT2D eigenvalue weighted by atomic mass is 35.5. The maximum Gasteiger partial charge on any atom is 0.122 e. The van der Waals surface area contributed by atoms with Crippen LogP contribution < -0.4 is 4.74 Å². The van der Waals surface area contributed by atoms with Crippen LogP contribution in [0.1, 0.15) is 44.2 Å². The Morgan fingerprint density at radius 1 is 1.14 bits per heavy atom. The van der Waals surface area contributed by atoms with E-state index < -0.39 is 0 Å². The first-order valence-electron chi connectivity index (χ1n) is 8.09. The van der Waals surface area contributed by atoms with Crippen molar-refractivity contribution in [3.8, 4) is 5.75 Å². The molecule has 3 heteroatoms. The van der Waals surface area contributed by atoms with Gasteiger partial charge < -0.3 is 4.74 Å². The molecule has 1 heterocycles. The fourth-order valence-electron chi connectivity index (χ4n) is 4.04. The summed E-state index contributed by atoms with van der Waals surface area (Å²) in [5.41, 5.74) is 2.95. The Bertz CT molecular complexity index is 462. The van der Waals surface area contributed by atoms with Gasteiger partial charge in [0.05, 0.1) is 7.11 Å². The van der Waals surface area contributed by atoms with E-state index in [1.807, 2.05) is 0 Å². The molecule has 0 aromatic heterocycles. The van der Waals surface area contributed by atoms with Gasteiger partial charge in [0.15, 0.2) is 0 Å². The lowest BCUT2D eigenvalue weighted by molar-refractivity contribution is 0.0692. The Balaban J connectivity index is 0.00000161. The second-order valence-corrected chi connectivity index (χ2v) is 6.72. The van der Waals surface area contributed by atoms with Gasteiger partial charge in [-0.3, -0.25) is 4.90 Å². The number of ether oxygens (including phenoxy) is 1. The lowest BCUT2D eigenvalue weighted by Gasteiger charge is -2.44. The number of benzene rings is 1. The Morgan fingerprint density at radius 2 is 1.95 bits per heavy atom. The van der Waals surface area contributed by atoms with Crippen molar-refractivity contribution in [1.29, 1.82) is 0 Å². The molecule has 21 heavy (non-hydrogen) atoms. The molecule has 0 bridgehead atoms. The molecular weight excluding hydrogens is 282 g/mol. The maximum atomic E-state index is 5.58. The van der Waals surface area contributed by atoms with Gasteiger partial charge in [0, 0.05) is 18.6 Å². The Kier molecular flexibility index (Phi) is 5.56. The maximum absolute atomic E-state index is 5.58. The molecule has 1 saturated heterocycles. The number of rotatable bonds is 2. The van der Waals surface area contributed by atoms with Gasteiger partial charge in [-0.25, -0.2) is 0 Å². The minimum Gasteiger partial charge on any atom is -0.496 e. The molecule has 1 fully saturated rings. The van der Waals surface area contributed by atoms with Crippen LogP contribution >= 0.6 is 12.4 Å². The average molecular weight is 310 g/mol. The number of methoxy groups -OCH3 is 1. The highest BCUT2D eigenvalue weighted by Gasteiger charge is 2.32. The van der Waals surface area contributed by atoms with Crippen LogP contribution in [0.15, 0.2) is 18.2 Å². The molecule has 0 saturated carbocycles. The minimum absolute atomic E-state index is 0. The molecule has 0 radical (unpaired) electrons. The molecule has 3 rings (SSSR count). The first-order chi connectivity index (χ1) is 9.69. The van der Waals surface area contributed by atoms with Crippen LogP contribution in [0.3, 0.4) is 0 Å². The van der Waals surface area contributed by atoms with Crippen LogP contribution in [-0.4, -0.2) is 30.6 Å². The first kappa shape index (κ1) is 16.6. The van der Waals surface area contributed by atoms with Gasteiger partial charge in [0.25, 0.3) is 0 Å². The molecule has 1 aliphatic heterocycles. The van der Waals surface area contributed by atoms with Gasteiger partial charge in [0.1, 0.15) is 5.75 Å². The van der Waals surface area contributed by atoms with Crippen LogP contribution in [0, 0.1) is 5.92 Å². The lowest BCUT2D eigenvalue weighted by Crippen LogP contribution is -2.49. The van der Waals surface area contributed by atoms with E-state index >= 15 is 0 Å². The summed E-state index contributed by atoms with van der Waals surface area (Å²) in [6, 6.07) is 7.97. The molecule has 0 spiro atoms. The van der Waals surface area contributed by atoms with E-state index in [1.54, 1.807) is 7.11 Å². The van der Waals surface area contributed by atoms with Gasteiger partial charge in [-0.1, -0.05) is 19.1 Å². The molecule has 2 nitrogen and oxygen atoms in total. The van der Waals surface area contributed by atoms with Crippen LogP contribution in [-0.2, 0) is 12.8 Å². The van der Waals surface area contributed by atoms with Gasteiger partial charge >= 0.3 is 0 Å². The van der Waals surface area contributed by atoms with Crippen LogP contribution in [0.2, 0.25) is 0 Å². The monoisotopic (exact) mass is 309 g/mol. The van der Waals surface area contributed by atoms with Crippen molar-refractivity contribution < 1.29 is 4.74 Å². The third-order valence-corrected chi connectivity index (χ3v) is 5.27. The highest BCUT2D eigenvalue weighted by Crippen LogP contribution is 2.34.